The molecule has 0 fully saturated rings. The van der Waals surface area contributed by atoms with E-state index < -0.39 is 10.0 Å². The number of thiophene rings is 1. The molecule has 0 saturated carbocycles. The fraction of sp³-hybridized carbons (Fsp3) is 0. The van der Waals surface area contributed by atoms with Crippen LogP contribution in [-0.2, 0) is 10.0 Å². The molecule has 1 aromatic heterocycles. The second-order valence-corrected chi connectivity index (χ2v) is 8.09. The van der Waals surface area contributed by atoms with Crippen molar-refractivity contribution in [3.05, 3.63) is 37.4 Å². The van der Waals surface area contributed by atoms with Crippen LogP contribution >= 0.6 is 50.5 Å². The maximum atomic E-state index is 12.2. The zero-order valence-corrected chi connectivity index (χ0v) is 13.8. The third-order valence-electron chi connectivity index (χ3n) is 2.10. The summed E-state index contributed by atoms with van der Waals surface area (Å²) in [7, 11) is -3.88. The topological polar surface area (TPSA) is 66.4 Å². The highest BCUT2D eigenvalue weighted by Crippen LogP contribution is 2.43. The van der Waals surface area contributed by atoms with Crippen LogP contribution in [0.4, 0.5) is 5.69 Å². The number of phenols is 1. The van der Waals surface area contributed by atoms with E-state index in [-0.39, 0.29) is 29.5 Å². The summed E-state index contributed by atoms with van der Waals surface area (Å²) < 4.78 is 27.3. The molecule has 0 bridgehead atoms. The Labute approximate surface area is 132 Å². The predicted molar refractivity (Wildman–Crippen MR) is 81.0 cm³/mol. The van der Waals surface area contributed by atoms with Crippen molar-refractivity contribution in [1.82, 2.24) is 0 Å². The minimum atomic E-state index is -3.88. The van der Waals surface area contributed by atoms with Crippen LogP contribution in [0.15, 0.2) is 33.6 Å². The van der Waals surface area contributed by atoms with Gasteiger partial charge in [-0.15, -0.1) is 11.3 Å². The van der Waals surface area contributed by atoms with Crippen LogP contribution in [-0.4, -0.2) is 13.5 Å². The smallest absolute Gasteiger partial charge is 0.265 e. The maximum absolute atomic E-state index is 12.2. The fourth-order valence-electron chi connectivity index (χ4n) is 1.34. The van der Waals surface area contributed by atoms with E-state index in [1.807, 2.05) is 0 Å². The van der Waals surface area contributed by atoms with Gasteiger partial charge in [-0.2, -0.15) is 0 Å². The van der Waals surface area contributed by atoms with Crippen molar-refractivity contribution in [3.8, 4) is 5.75 Å². The number of halogens is 3. The lowest BCUT2D eigenvalue weighted by Gasteiger charge is -2.08. The van der Waals surface area contributed by atoms with Gasteiger partial charge in [-0.1, -0.05) is 29.3 Å². The van der Waals surface area contributed by atoms with Crippen LogP contribution in [0.5, 0.6) is 5.75 Å². The number of sulfonamides is 1. The van der Waals surface area contributed by atoms with Crippen molar-refractivity contribution in [2.24, 2.45) is 0 Å². The Morgan fingerprint density at radius 1 is 1.26 bits per heavy atom. The van der Waals surface area contributed by atoms with Crippen molar-refractivity contribution in [2.75, 3.05) is 4.72 Å². The molecule has 0 amide bonds. The average molecular weight is 403 g/mol. The summed E-state index contributed by atoms with van der Waals surface area (Å²) in [4.78, 5) is -0.118. The molecule has 2 rings (SSSR count). The zero-order valence-electron chi connectivity index (χ0n) is 9.02. The van der Waals surface area contributed by atoms with Gasteiger partial charge in [-0.25, -0.2) is 8.42 Å². The highest BCUT2D eigenvalue weighted by molar-refractivity contribution is 9.10. The number of anilines is 1. The molecular weight excluding hydrogens is 397 g/mol. The first-order valence-electron chi connectivity index (χ1n) is 4.76. The third kappa shape index (κ3) is 3.17. The lowest BCUT2D eigenvalue weighted by molar-refractivity contribution is 0.475. The van der Waals surface area contributed by atoms with Crippen LogP contribution in [0.3, 0.4) is 0 Å². The molecule has 2 aromatic rings. The minimum Gasteiger partial charge on any atom is -0.508 e. The van der Waals surface area contributed by atoms with E-state index in [4.69, 9.17) is 23.2 Å². The number of phenolic OH excluding ortho intramolecular Hbond substituents is 1. The zero-order chi connectivity index (χ0) is 14.2. The lowest BCUT2D eigenvalue weighted by atomic mass is 10.3. The highest BCUT2D eigenvalue weighted by Gasteiger charge is 2.26. The van der Waals surface area contributed by atoms with Gasteiger partial charge in [0.05, 0.1) is 10.2 Å². The number of aromatic hydroxyl groups is 1. The van der Waals surface area contributed by atoms with Gasteiger partial charge >= 0.3 is 0 Å². The standard InChI is InChI=1S/C10H6BrCl2NO3S2/c11-7-8(10(13)18-9(7)12)19(16,17)14-5-2-1-3-6(15)4-5/h1-4,14-15H. The molecule has 0 aliphatic heterocycles. The van der Waals surface area contributed by atoms with E-state index >= 15 is 0 Å². The van der Waals surface area contributed by atoms with Gasteiger partial charge < -0.3 is 5.11 Å². The minimum absolute atomic E-state index is 0.0475. The molecule has 102 valence electrons. The van der Waals surface area contributed by atoms with Crippen LogP contribution in [0.1, 0.15) is 0 Å². The molecule has 0 atom stereocenters. The van der Waals surface area contributed by atoms with Crippen molar-refractivity contribution in [1.29, 1.82) is 0 Å². The van der Waals surface area contributed by atoms with Crippen LogP contribution in [0.2, 0.25) is 8.67 Å². The van der Waals surface area contributed by atoms with Gasteiger partial charge in [0.25, 0.3) is 10.0 Å². The molecule has 2 N–H and O–H groups in total. The quantitative estimate of drug-likeness (QED) is 0.803. The molecule has 0 radical (unpaired) electrons. The molecule has 19 heavy (non-hydrogen) atoms. The lowest BCUT2D eigenvalue weighted by Crippen LogP contribution is -2.13. The molecule has 1 aromatic carbocycles. The van der Waals surface area contributed by atoms with Gasteiger partial charge in [-0.05, 0) is 28.1 Å². The summed E-state index contributed by atoms with van der Waals surface area (Å²) >= 11 is 15.7. The molecule has 1 heterocycles. The number of hydrogen-bond acceptors (Lipinski definition) is 4. The van der Waals surface area contributed by atoms with E-state index in [0.29, 0.717) is 0 Å². The van der Waals surface area contributed by atoms with Crippen molar-refractivity contribution >= 4 is 66.2 Å². The Bertz CT molecular complexity index is 730. The van der Waals surface area contributed by atoms with Crippen molar-refractivity contribution in [3.63, 3.8) is 0 Å². The van der Waals surface area contributed by atoms with E-state index in [9.17, 15) is 13.5 Å². The van der Waals surface area contributed by atoms with E-state index in [2.05, 4.69) is 20.7 Å². The second-order valence-electron chi connectivity index (χ2n) is 3.45. The third-order valence-corrected chi connectivity index (χ3v) is 6.94. The molecule has 4 nitrogen and oxygen atoms in total. The first-order valence-corrected chi connectivity index (χ1v) is 8.61. The Morgan fingerprint density at radius 3 is 2.47 bits per heavy atom. The summed E-state index contributed by atoms with van der Waals surface area (Å²) in [5.41, 5.74) is 0.227. The summed E-state index contributed by atoms with van der Waals surface area (Å²) in [6, 6.07) is 5.74. The monoisotopic (exact) mass is 401 g/mol. The van der Waals surface area contributed by atoms with Gasteiger partial charge in [0.1, 0.15) is 19.3 Å². The Morgan fingerprint density at radius 2 is 1.95 bits per heavy atom. The summed E-state index contributed by atoms with van der Waals surface area (Å²) in [5, 5.41) is 9.30. The maximum Gasteiger partial charge on any atom is 0.265 e. The normalized spacial score (nSPS) is 11.5. The molecule has 0 unspecified atom stereocenters. The largest absolute Gasteiger partial charge is 0.508 e. The molecular formula is C10H6BrCl2NO3S2. The Hall–Kier alpha value is -0.470. The molecule has 0 aliphatic carbocycles. The van der Waals surface area contributed by atoms with Crippen LogP contribution in [0.25, 0.3) is 0 Å². The summed E-state index contributed by atoms with van der Waals surface area (Å²) in [5.74, 6) is -0.0475. The highest BCUT2D eigenvalue weighted by atomic mass is 79.9. The SMILES string of the molecule is O=S(=O)(Nc1cccc(O)c1)c1c(Cl)sc(Cl)c1Br. The van der Waals surface area contributed by atoms with Crippen molar-refractivity contribution in [2.45, 2.75) is 4.90 Å². The number of benzene rings is 1. The van der Waals surface area contributed by atoms with E-state index in [1.165, 1.54) is 24.3 Å². The second kappa shape index (κ2) is 5.49. The Kier molecular flexibility index (Phi) is 4.32. The average Bonchev–Trinajstić information content (AvgIpc) is 2.52. The van der Waals surface area contributed by atoms with Crippen LogP contribution in [0, 0.1) is 0 Å². The van der Waals surface area contributed by atoms with Gasteiger partial charge in [0, 0.05) is 6.07 Å². The number of nitrogens with one attached hydrogen (secondary N) is 1. The first-order chi connectivity index (χ1) is 8.81. The summed E-state index contributed by atoms with van der Waals surface area (Å²) in [6.07, 6.45) is 0. The van der Waals surface area contributed by atoms with E-state index in [1.54, 1.807) is 0 Å². The van der Waals surface area contributed by atoms with Gasteiger partial charge in [-0.3, -0.25) is 4.72 Å². The number of hydrogen-bond donors (Lipinski definition) is 2. The van der Waals surface area contributed by atoms with Crippen molar-refractivity contribution < 1.29 is 13.5 Å². The predicted octanol–water partition coefficient (Wildman–Crippen LogP) is 4.32. The molecule has 0 aliphatic rings. The van der Waals surface area contributed by atoms with Crippen LogP contribution < -0.4 is 4.72 Å². The molecule has 9 heteroatoms. The molecule has 0 saturated heterocycles. The number of rotatable bonds is 3. The fourth-order valence-corrected chi connectivity index (χ4v) is 5.95. The summed E-state index contributed by atoms with van der Waals surface area (Å²) in [6.45, 7) is 0. The molecule has 0 spiro atoms. The Balaban J connectivity index is 2.44. The first kappa shape index (κ1) is 14.9. The van der Waals surface area contributed by atoms with Gasteiger partial charge in [0.2, 0.25) is 0 Å². The van der Waals surface area contributed by atoms with Gasteiger partial charge in [0.15, 0.2) is 0 Å². The van der Waals surface area contributed by atoms with E-state index in [0.717, 1.165) is 11.3 Å².